The molecule has 0 spiro atoms. The quantitative estimate of drug-likeness (QED) is 0.784. The lowest BCUT2D eigenvalue weighted by atomic mass is 10.1. The highest BCUT2D eigenvalue weighted by Crippen LogP contribution is 2.26. The summed E-state index contributed by atoms with van der Waals surface area (Å²) in [7, 11) is 1.63. The zero-order valence-corrected chi connectivity index (χ0v) is 11.6. The van der Waals surface area contributed by atoms with Crippen LogP contribution < -0.4 is 0 Å². The van der Waals surface area contributed by atoms with E-state index in [2.05, 4.69) is 6.92 Å². The molecule has 3 atom stereocenters. The van der Waals surface area contributed by atoms with E-state index in [9.17, 15) is 4.79 Å². The molecule has 1 saturated heterocycles. The van der Waals surface area contributed by atoms with Crippen molar-refractivity contribution in [3.8, 4) is 0 Å². The minimum atomic E-state index is -0.308. The van der Waals surface area contributed by atoms with Gasteiger partial charge in [-0.1, -0.05) is 24.6 Å². The van der Waals surface area contributed by atoms with Crippen LogP contribution >= 0.6 is 0 Å². The van der Waals surface area contributed by atoms with Crippen molar-refractivity contribution in [2.24, 2.45) is 5.92 Å². The fourth-order valence-electron chi connectivity index (χ4n) is 2.24. The number of carbonyl (C=O) groups is 1. The Balaban J connectivity index is 1.83. The molecule has 1 aromatic carbocycles. The first-order valence-corrected chi connectivity index (χ1v) is 6.52. The molecule has 4 heteroatoms. The summed E-state index contributed by atoms with van der Waals surface area (Å²) in [6.07, 6.45) is 0.581. The van der Waals surface area contributed by atoms with Gasteiger partial charge in [0.05, 0.1) is 11.7 Å². The Morgan fingerprint density at radius 3 is 2.63 bits per heavy atom. The molecular formula is C15H20O4. The van der Waals surface area contributed by atoms with E-state index in [1.807, 2.05) is 19.1 Å². The number of methoxy groups -OCH3 is 1. The largest absolute Gasteiger partial charge is 0.459 e. The van der Waals surface area contributed by atoms with Gasteiger partial charge in [-0.3, -0.25) is 0 Å². The number of hydrogen-bond donors (Lipinski definition) is 0. The van der Waals surface area contributed by atoms with Crippen LogP contribution in [0.2, 0.25) is 0 Å². The second-order valence-electron chi connectivity index (χ2n) is 5.04. The normalized spacial score (nSPS) is 26.4. The van der Waals surface area contributed by atoms with Gasteiger partial charge in [0.15, 0.2) is 6.29 Å². The van der Waals surface area contributed by atoms with E-state index in [-0.39, 0.29) is 25.0 Å². The zero-order valence-electron chi connectivity index (χ0n) is 11.6. The van der Waals surface area contributed by atoms with Crippen molar-refractivity contribution < 1.29 is 19.0 Å². The van der Waals surface area contributed by atoms with Gasteiger partial charge in [0.25, 0.3) is 0 Å². The maximum Gasteiger partial charge on any atom is 0.338 e. The third-order valence-corrected chi connectivity index (χ3v) is 3.35. The molecule has 4 nitrogen and oxygen atoms in total. The van der Waals surface area contributed by atoms with Crippen molar-refractivity contribution in [3.05, 3.63) is 35.4 Å². The first kappa shape index (κ1) is 14.0. The van der Waals surface area contributed by atoms with Crippen molar-refractivity contribution >= 4 is 5.97 Å². The summed E-state index contributed by atoms with van der Waals surface area (Å²) in [5.41, 5.74) is 1.69. The third-order valence-electron chi connectivity index (χ3n) is 3.35. The summed E-state index contributed by atoms with van der Waals surface area (Å²) < 4.78 is 16.1. The number of rotatable bonds is 4. The van der Waals surface area contributed by atoms with Crippen LogP contribution in [0.25, 0.3) is 0 Å². The molecule has 0 N–H and O–H groups in total. The van der Waals surface area contributed by atoms with E-state index < -0.39 is 0 Å². The molecule has 0 aromatic heterocycles. The lowest BCUT2D eigenvalue weighted by Gasteiger charge is -2.13. The van der Waals surface area contributed by atoms with Crippen molar-refractivity contribution in [3.63, 3.8) is 0 Å². The minimum Gasteiger partial charge on any atom is -0.459 e. The van der Waals surface area contributed by atoms with Crippen LogP contribution in [0, 0.1) is 12.8 Å². The van der Waals surface area contributed by atoms with Crippen LogP contribution in [0.15, 0.2) is 24.3 Å². The van der Waals surface area contributed by atoms with Crippen molar-refractivity contribution in [1.82, 2.24) is 0 Å². The smallest absolute Gasteiger partial charge is 0.338 e. The fraction of sp³-hybridized carbons (Fsp3) is 0.533. The maximum absolute atomic E-state index is 11.8. The van der Waals surface area contributed by atoms with Gasteiger partial charge in [-0.25, -0.2) is 4.79 Å². The van der Waals surface area contributed by atoms with E-state index in [1.165, 1.54) is 0 Å². The lowest BCUT2D eigenvalue weighted by Crippen LogP contribution is -2.20. The first-order valence-electron chi connectivity index (χ1n) is 6.52. The van der Waals surface area contributed by atoms with E-state index in [0.29, 0.717) is 11.5 Å². The molecule has 0 radical (unpaired) electrons. The summed E-state index contributed by atoms with van der Waals surface area (Å²) in [6, 6.07) is 7.33. The van der Waals surface area contributed by atoms with Crippen LogP contribution in [0.1, 0.15) is 29.3 Å². The summed E-state index contributed by atoms with van der Waals surface area (Å²) in [5.74, 6) is 0.0187. The highest BCUT2D eigenvalue weighted by Gasteiger charge is 2.32. The standard InChI is InChI=1S/C15H20O4/c1-10-4-6-12(7-5-10)14(16)18-9-13-8-11(2)15(17-3)19-13/h4-7,11,13,15H,8-9H2,1-3H3/t11?,13-,15?/m0/s1. The van der Waals surface area contributed by atoms with E-state index in [4.69, 9.17) is 14.2 Å². The van der Waals surface area contributed by atoms with Gasteiger partial charge in [0.1, 0.15) is 6.61 Å². The average molecular weight is 264 g/mol. The molecule has 0 bridgehead atoms. The van der Waals surface area contributed by atoms with E-state index in [1.54, 1.807) is 19.2 Å². The number of carbonyl (C=O) groups excluding carboxylic acids is 1. The predicted molar refractivity (Wildman–Crippen MR) is 70.9 cm³/mol. The van der Waals surface area contributed by atoms with Gasteiger partial charge >= 0.3 is 5.97 Å². The second-order valence-corrected chi connectivity index (χ2v) is 5.04. The van der Waals surface area contributed by atoms with Gasteiger partial charge in [-0.15, -0.1) is 0 Å². The van der Waals surface area contributed by atoms with Gasteiger partial charge in [-0.2, -0.15) is 0 Å². The van der Waals surface area contributed by atoms with Gasteiger partial charge < -0.3 is 14.2 Å². The Labute approximate surface area is 113 Å². The van der Waals surface area contributed by atoms with Gasteiger partial charge in [0, 0.05) is 13.0 Å². The number of ether oxygens (including phenoxy) is 3. The molecule has 1 fully saturated rings. The molecular weight excluding hydrogens is 244 g/mol. The van der Waals surface area contributed by atoms with Crippen LogP contribution in [-0.4, -0.2) is 32.1 Å². The summed E-state index contributed by atoms with van der Waals surface area (Å²) in [4.78, 5) is 11.8. The SMILES string of the molecule is COC1O[C@H](COC(=O)c2ccc(C)cc2)CC1C. The van der Waals surface area contributed by atoms with Crippen molar-refractivity contribution in [1.29, 1.82) is 0 Å². The van der Waals surface area contributed by atoms with Crippen LogP contribution in [-0.2, 0) is 14.2 Å². The molecule has 0 saturated carbocycles. The van der Waals surface area contributed by atoms with E-state index >= 15 is 0 Å². The molecule has 1 aromatic rings. The Bertz CT molecular complexity index is 426. The van der Waals surface area contributed by atoms with Gasteiger partial charge in [0.2, 0.25) is 0 Å². The summed E-state index contributed by atoms with van der Waals surface area (Å²) in [6.45, 7) is 4.32. The maximum atomic E-state index is 11.8. The van der Waals surface area contributed by atoms with Crippen molar-refractivity contribution in [2.75, 3.05) is 13.7 Å². The fourth-order valence-corrected chi connectivity index (χ4v) is 2.24. The first-order chi connectivity index (χ1) is 9.10. The Morgan fingerprint density at radius 1 is 1.37 bits per heavy atom. The second kappa shape index (κ2) is 6.17. The molecule has 2 unspecified atom stereocenters. The molecule has 0 amide bonds. The molecule has 2 rings (SSSR count). The molecule has 1 aliphatic heterocycles. The lowest BCUT2D eigenvalue weighted by molar-refractivity contribution is -0.136. The Hall–Kier alpha value is -1.39. The highest BCUT2D eigenvalue weighted by atomic mass is 16.7. The monoisotopic (exact) mass is 264 g/mol. The Morgan fingerprint density at radius 2 is 2.05 bits per heavy atom. The van der Waals surface area contributed by atoms with E-state index in [0.717, 1.165) is 12.0 Å². The number of esters is 1. The highest BCUT2D eigenvalue weighted by molar-refractivity contribution is 5.89. The third kappa shape index (κ3) is 3.55. The van der Waals surface area contributed by atoms with Crippen LogP contribution in [0.3, 0.4) is 0 Å². The minimum absolute atomic E-state index is 0.0747. The average Bonchev–Trinajstić information content (AvgIpc) is 2.77. The summed E-state index contributed by atoms with van der Waals surface area (Å²) in [5, 5.41) is 0. The molecule has 1 aliphatic rings. The molecule has 1 heterocycles. The number of aryl methyl sites for hydroxylation is 1. The zero-order chi connectivity index (χ0) is 13.8. The number of benzene rings is 1. The van der Waals surface area contributed by atoms with Gasteiger partial charge in [-0.05, 0) is 25.5 Å². The van der Waals surface area contributed by atoms with Crippen LogP contribution in [0.4, 0.5) is 0 Å². The van der Waals surface area contributed by atoms with Crippen molar-refractivity contribution in [2.45, 2.75) is 32.7 Å². The molecule has 19 heavy (non-hydrogen) atoms. The molecule has 104 valence electrons. The topological polar surface area (TPSA) is 44.8 Å². The summed E-state index contributed by atoms with van der Waals surface area (Å²) >= 11 is 0. The Kier molecular flexibility index (Phi) is 4.56. The molecule has 0 aliphatic carbocycles. The predicted octanol–water partition coefficient (Wildman–Crippen LogP) is 2.55. The van der Waals surface area contributed by atoms with Crippen LogP contribution in [0.5, 0.6) is 0 Å². The number of hydrogen-bond acceptors (Lipinski definition) is 4.